The molecule has 2 aromatic rings. The molecule has 0 aromatic heterocycles. The molecular weight excluding hydrogens is 406 g/mol. The van der Waals surface area contributed by atoms with Crippen LogP contribution in [0.25, 0.3) is 0 Å². The lowest BCUT2D eigenvalue weighted by atomic mass is 9.87. The summed E-state index contributed by atoms with van der Waals surface area (Å²) >= 11 is 0. The number of hydrogen-bond acceptors (Lipinski definition) is 6. The predicted molar refractivity (Wildman–Crippen MR) is 117 cm³/mol. The molecule has 0 saturated heterocycles. The minimum atomic E-state index is -3.90. The Morgan fingerprint density at radius 2 is 1.90 bits per heavy atom. The van der Waals surface area contributed by atoms with Gasteiger partial charge in [0.2, 0.25) is 0 Å². The van der Waals surface area contributed by atoms with E-state index < -0.39 is 14.9 Å². The second kappa shape index (κ2) is 9.25. The molecule has 2 aromatic carbocycles. The average molecular weight is 434 g/mol. The van der Waals surface area contributed by atoms with Gasteiger partial charge in [-0.25, -0.2) is 4.83 Å². The van der Waals surface area contributed by atoms with Gasteiger partial charge in [0.1, 0.15) is 0 Å². The summed E-state index contributed by atoms with van der Waals surface area (Å²) in [5, 5.41) is 15.1. The number of hydrazone groups is 1. The lowest BCUT2D eigenvalue weighted by molar-refractivity contribution is -0.385. The fourth-order valence-corrected chi connectivity index (χ4v) is 3.73. The fourth-order valence-electron chi connectivity index (χ4n) is 2.67. The summed E-state index contributed by atoms with van der Waals surface area (Å²) < 4.78 is 30.8. The minimum Gasteiger partial charge on any atom is -0.487 e. The molecular formula is C21H27N3O5S. The maximum atomic E-state index is 12.7. The summed E-state index contributed by atoms with van der Waals surface area (Å²) in [6.45, 7) is 9.98. The number of hydrogen-bond donors (Lipinski definition) is 1. The molecule has 0 saturated carbocycles. The summed E-state index contributed by atoms with van der Waals surface area (Å²) in [5.41, 5.74) is 1.44. The summed E-state index contributed by atoms with van der Waals surface area (Å²) in [7, 11) is -3.90. The van der Waals surface area contributed by atoms with Gasteiger partial charge in [-0.1, -0.05) is 39.8 Å². The van der Waals surface area contributed by atoms with Gasteiger partial charge in [0.05, 0.1) is 22.6 Å². The van der Waals surface area contributed by atoms with E-state index in [2.05, 4.69) is 9.93 Å². The SMILES string of the molecule is CCCOc1ccc(/C=N/NS(=O)(=O)c2cc(C(C)(C)C)ccc2C)cc1[N+](=O)[O-]. The van der Waals surface area contributed by atoms with E-state index in [0.29, 0.717) is 17.7 Å². The molecule has 2 rings (SSSR count). The van der Waals surface area contributed by atoms with Crippen LogP contribution in [0.3, 0.4) is 0 Å². The van der Waals surface area contributed by atoms with Gasteiger partial charge in [-0.3, -0.25) is 10.1 Å². The average Bonchev–Trinajstić information content (AvgIpc) is 2.65. The van der Waals surface area contributed by atoms with Crippen LogP contribution in [0.5, 0.6) is 5.75 Å². The molecule has 0 unspecified atom stereocenters. The van der Waals surface area contributed by atoms with Gasteiger partial charge < -0.3 is 4.74 Å². The van der Waals surface area contributed by atoms with Crippen molar-refractivity contribution in [3.8, 4) is 5.75 Å². The molecule has 8 nitrogen and oxygen atoms in total. The Hall–Kier alpha value is -2.94. The number of benzene rings is 2. The normalized spacial score (nSPS) is 12.2. The van der Waals surface area contributed by atoms with E-state index in [0.717, 1.165) is 12.0 Å². The molecule has 9 heteroatoms. The van der Waals surface area contributed by atoms with E-state index in [9.17, 15) is 18.5 Å². The molecule has 0 aliphatic rings. The maximum Gasteiger partial charge on any atom is 0.311 e. The van der Waals surface area contributed by atoms with Crippen molar-refractivity contribution >= 4 is 21.9 Å². The number of sulfonamides is 1. The van der Waals surface area contributed by atoms with Crippen LogP contribution < -0.4 is 9.57 Å². The third-order valence-electron chi connectivity index (χ3n) is 4.37. The molecule has 162 valence electrons. The highest BCUT2D eigenvalue weighted by molar-refractivity contribution is 7.89. The summed E-state index contributed by atoms with van der Waals surface area (Å²) in [6.07, 6.45) is 1.94. The minimum absolute atomic E-state index is 0.140. The van der Waals surface area contributed by atoms with Crippen molar-refractivity contribution in [2.24, 2.45) is 5.10 Å². The van der Waals surface area contributed by atoms with Crippen molar-refractivity contribution in [3.05, 3.63) is 63.2 Å². The van der Waals surface area contributed by atoms with Crippen LogP contribution in [0.4, 0.5) is 5.69 Å². The summed E-state index contributed by atoms with van der Waals surface area (Å²) in [5.74, 6) is 0.161. The Balaban J connectivity index is 2.26. The number of nitro benzene ring substituents is 1. The van der Waals surface area contributed by atoms with Crippen molar-refractivity contribution in [2.75, 3.05) is 6.61 Å². The molecule has 0 amide bonds. The van der Waals surface area contributed by atoms with E-state index in [4.69, 9.17) is 4.74 Å². The first-order valence-corrected chi connectivity index (χ1v) is 11.0. The topological polar surface area (TPSA) is 111 Å². The van der Waals surface area contributed by atoms with Crippen LogP contribution in [0.2, 0.25) is 0 Å². The Bertz CT molecular complexity index is 1060. The highest BCUT2D eigenvalue weighted by atomic mass is 32.2. The first-order valence-electron chi connectivity index (χ1n) is 9.53. The van der Waals surface area contributed by atoms with Crippen molar-refractivity contribution in [1.29, 1.82) is 0 Å². The number of rotatable bonds is 8. The van der Waals surface area contributed by atoms with Crippen LogP contribution in [-0.4, -0.2) is 26.2 Å². The number of nitrogens with zero attached hydrogens (tertiary/aromatic N) is 2. The van der Waals surface area contributed by atoms with Gasteiger partial charge in [0.25, 0.3) is 10.0 Å². The smallest absolute Gasteiger partial charge is 0.311 e. The molecule has 0 spiro atoms. The zero-order valence-electron chi connectivity index (χ0n) is 17.8. The molecule has 1 N–H and O–H groups in total. The Morgan fingerprint density at radius 3 is 2.50 bits per heavy atom. The zero-order valence-corrected chi connectivity index (χ0v) is 18.6. The van der Waals surface area contributed by atoms with E-state index in [1.54, 1.807) is 25.1 Å². The summed E-state index contributed by atoms with van der Waals surface area (Å²) in [6, 6.07) is 9.63. The van der Waals surface area contributed by atoms with Crippen LogP contribution in [0.1, 0.15) is 50.8 Å². The van der Waals surface area contributed by atoms with Crippen molar-refractivity contribution in [3.63, 3.8) is 0 Å². The second-order valence-corrected chi connectivity index (χ2v) is 9.55. The van der Waals surface area contributed by atoms with Crippen molar-refractivity contribution in [1.82, 2.24) is 4.83 Å². The maximum absolute atomic E-state index is 12.7. The lowest BCUT2D eigenvalue weighted by Crippen LogP contribution is -2.21. The molecule has 30 heavy (non-hydrogen) atoms. The predicted octanol–water partition coefficient (Wildman–Crippen LogP) is 4.30. The standard InChI is InChI=1S/C21H27N3O5S/c1-6-11-29-19-10-8-16(12-18(19)24(25)26)14-22-23-30(27,28)20-13-17(21(3,4)5)9-7-15(20)2/h7-10,12-14,23H,6,11H2,1-5H3/b22-14+. The molecule has 0 aliphatic heterocycles. The monoisotopic (exact) mass is 433 g/mol. The van der Waals surface area contributed by atoms with Gasteiger partial charge >= 0.3 is 5.69 Å². The highest BCUT2D eigenvalue weighted by Crippen LogP contribution is 2.28. The van der Waals surface area contributed by atoms with Crippen LogP contribution in [-0.2, 0) is 15.4 Å². The Kier molecular flexibility index (Phi) is 7.20. The van der Waals surface area contributed by atoms with Gasteiger partial charge in [-0.2, -0.15) is 13.5 Å². The Morgan fingerprint density at radius 1 is 1.20 bits per heavy atom. The molecule has 0 heterocycles. The van der Waals surface area contributed by atoms with E-state index >= 15 is 0 Å². The van der Waals surface area contributed by atoms with Crippen LogP contribution in [0.15, 0.2) is 46.4 Å². The van der Waals surface area contributed by atoms with Crippen LogP contribution in [0, 0.1) is 17.0 Å². The van der Waals surface area contributed by atoms with Crippen LogP contribution >= 0.6 is 0 Å². The number of ether oxygens (including phenoxy) is 1. The number of nitrogens with one attached hydrogen (secondary N) is 1. The first kappa shape index (κ1) is 23.3. The van der Waals surface area contributed by atoms with Gasteiger partial charge in [-0.05, 0) is 48.1 Å². The van der Waals surface area contributed by atoms with E-state index in [-0.39, 0.29) is 21.7 Å². The quantitative estimate of drug-likeness (QED) is 0.379. The summed E-state index contributed by atoms with van der Waals surface area (Å²) in [4.78, 5) is 13.0. The molecule has 0 radical (unpaired) electrons. The van der Waals surface area contributed by atoms with E-state index in [1.807, 2.05) is 33.8 Å². The first-order chi connectivity index (χ1) is 14.0. The zero-order chi connectivity index (χ0) is 22.5. The van der Waals surface area contributed by atoms with Gasteiger partial charge in [0.15, 0.2) is 5.75 Å². The highest BCUT2D eigenvalue weighted by Gasteiger charge is 2.21. The Labute approximate surface area is 177 Å². The van der Waals surface area contributed by atoms with Gasteiger partial charge in [-0.15, -0.1) is 0 Å². The molecule has 0 bridgehead atoms. The fraction of sp³-hybridized carbons (Fsp3) is 0.381. The second-order valence-electron chi connectivity index (χ2n) is 7.92. The lowest BCUT2D eigenvalue weighted by Gasteiger charge is -2.20. The third-order valence-corrected chi connectivity index (χ3v) is 5.74. The van der Waals surface area contributed by atoms with E-state index in [1.165, 1.54) is 18.3 Å². The third kappa shape index (κ3) is 5.79. The largest absolute Gasteiger partial charge is 0.487 e. The van der Waals surface area contributed by atoms with Crippen molar-refractivity contribution < 1.29 is 18.1 Å². The molecule has 0 atom stereocenters. The molecule has 0 fully saturated rings. The molecule has 0 aliphatic carbocycles. The van der Waals surface area contributed by atoms with Crippen molar-refractivity contribution in [2.45, 2.75) is 51.3 Å². The number of aryl methyl sites for hydroxylation is 1. The van der Waals surface area contributed by atoms with Gasteiger partial charge in [0, 0.05) is 11.6 Å². The number of nitro groups is 1.